The molecule has 41 heavy (non-hydrogen) atoms. The summed E-state index contributed by atoms with van der Waals surface area (Å²) in [7, 11) is 0. The van der Waals surface area contributed by atoms with Crippen LogP contribution in [0.1, 0.15) is 53.0 Å². The molecule has 1 atom stereocenters. The lowest BCUT2D eigenvalue weighted by Gasteiger charge is -2.40. The number of halogens is 4. The molecule has 0 amide bonds. The zero-order valence-corrected chi connectivity index (χ0v) is 22.5. The number of rotatable bonds is 5. The van der Waals surface area contributed by atoms with E-state index in [2.05, 4.69) is 6.07 Å². The Kier molecular flexibility index (Phi) is 7.35. The number of ketones is 1. The summed E-state index contributed by atoms with van der Waals surface area (Å²) in [4.78, 5) is 14.9. The van der Waals surface area contributed by atoms with Gasteiger partial charge < -0.3 is 10.5 Å². The predicted molar refractivity (Wildman–Crippen MR) is 146 cm³/mol. The highest BCUT2D eigenvalue weighted by atomic mass is 19.4. The van der Waals surface area contributed by atoms with Gasteiger partial charge in [0.05, 0.1) is 23.1 Å². The Hall–Kier alpha value is -4.58. The fourth-order valence-corrected chi connectivity index (χ4v) is 5.62. The molecule has 0 spiro atoms. The number of carbonyl (C=O) groups is 1. The van der Waals surface area contributed by atoms with Crippen LogP contribution in [0.15, 0.2) is 83.3 Å². The van der Waals surface area contributed by atoms with Gasteiger partial charge in [-0.1, -0.05) is 23.8 Å². The lowest BCUT2D eigenvalue weighted by molar-refractivity contribution is -0.137. The Bertz CT molecular complexity index is 1630. The van der Waals surface area contributed by atoms with E-state index in [0.29, 0.717) is 35.4 Å². The number of alkyl halides is 3. The molecule has 2 aliphatic rings. The first-order chi connectivity index (χ1) is 19.5. The zero-order chi connectivity index (χ0) is 29.5. The van der Waals surface area contributed by atoms with Gasteiger partial charge in [-0.05, 0) is 85.8 Å². The third-order valence-corrected chi connectivity index (χ3v) is 7.56. The number of nitrogens with two attached hydrogens (primary N) is 1. The summed E-state index contributed by atoms with van der Waals surface area (Å²) in [6, 6.07) is 16.4. The molecule has 1 aliphatic heterocycles. The van der Waals surface area contributed by atoms with Crippen LogP contribution in [-0.4, -0.2) is 5.78 Å². The van der Waals surface area contributed by atoms with E-state index in [1.165, 1.54) is 41.3 Å². The Morgan fingerprint density at radius 1 is 1.07 bits per heavy atom. The number of ether oxygens (including phenoxy) is 1. The number of allylic oxidation sites excluding steroid dienone is 3. The molecular formula is C32H27F4N3O2. The third-order valence-electron chi connectivity index (χ3n) is 7.56. The highest BCUT2D eigenvalue weighted by Gasteiger charge is 2.41. The molecule has 0 bridgehead atoms. The van der Waals surface area contributed by atoms with Crippen LogP contribution in [-0.2, 0) is 17.6 Å². The van der Waals surface area contributed by atoms with E-state index in [1.54, 1.807) is 0 Å². The number of nitrogens with zero attached hydrogens (tertiary/aromatic N) is 2. The van der Waals surface area contributed by atoms with Crippen LogP contribution in [0.2, 0.25) is 0 Å². The van der Waals surface area contributed by atoms with Crippen LogP contribution in [0.5, 0.6) is 5.75 Å². The van der Waals surface area contributed by atoms with Crippen molar-refractivity contribution in [1.82, 2.24) is 0 Å². The van der Waals surface area contributed by atoms with Crippen molar-refractivity contribution in [2.24, 2.45) is 5.73 Å². The largest absolute Gasteiger partial charge is 0.489 e. The van der Waals surface area contributed by atoms with E-state index < -0.39 is 17.7 Å². The first-order valence-corrected chi connectivity index (χ1v) is 13.1. The van der Waals surface area contributed by atoms with Gasteiger partial charge in [0.15, 0.2) is 5.78 Å². The van der Waals surface area contributed by atoms with Crippen LogP contribution in [0.4, 0.5) is 23.2 Å². The van der Waals surface area contributed by atoms with Gasteiger partial charge in [0.25, 0.3) is 0 Å². The van der Waals surface area contributed by atoms with Gasteiger partial charge in [-0.15, -0.1) is 0 Å². The van der Waals surface area contributed by atoms with Gasteiger partial charge in [0, 0.05) is 23.4 Å². The van der Waals surface area contributed by atoms with Gasteiger partial charge in [-0.3, -0.25) is 9.69 Å². The van der Waals surface area contributed by atoms with Gasteiger partial charge in [-0.25, -0.2) is 4.39 Å². The van der Waals surface area contributed by atoms with Crippen LogP contribution >= 0.6 is 0 Å². The van der Waals surface area contributed by atoms with E-state index in [9.17, 15) is 27.6 Å². The topological polar surface area (TPSA) is 79.3 Å². The molecule has 210 valence electrons. The van der Waals surface area contributed by atoms with Crippen molar-refractivity contribution in [1.29, 1.82) is 5.26 Å². The summed E-state index contributed by atoms with van der Waals surface area (Å²) in [5.41, 5.74) is 10.0. The predicted octanol–water partition coefficient (Wildman–Crippen LogP) is 7.35. The fraction of sp³-hybridized carbons (Fsp3) is 0.250. The first-order valence-electron chi connectivity index (χ1n) is 13.1. The third kappa shape index (κ3) is 5.30. The molecule has 2 N–H and O–H groups in total. The van der Waals surface area contributed by atoms with Gasteiger partial charge in [0.1, 0.15) is 24.0 Å². The van der Waals surface area contributed by atoms with Crippen molar-refractivity contribution in [3.8, 4) is 11.8 Å². The van der Waals surface area contributed by atoms with Crippen molar-refractivity contribution in [3.63, 3.8) is 0 Å². The monoisotopic (exact) mass is 561 g/mol. The summed E-state index contributed by atoms with van der Waals surface area (Å²) >= 11 is 0. The minimum atomic E-state index is -4.57. The second-order valence-electron chi connectivity index (χ2n) is 10.2. The average molecular weight is 562 g/mol. The lowest BCUT2D eigenvalue weighted by Crippen LogP contribution is -2.39. The molecule has 3 aromatic carbocycles. The van der Waals surface area contributed by atoms with Crippen molar-refractivity contribution >= 4 is 11.5 Å². The molecular weight excluding hydrogens is 534 g/mol. The normalized spacial score (nSPS) is 17.4. The first kappa shape index (κ1) is 28.0. The molecule has 1 heterocycles. The van der Waals surface area contributed by atoms with Crippen LogP contribution in [0, 0.1) is 31.0 Å². The number of Topliss-reactive ketones (excluding diaryl/α,β-unsaturated/α-hetero) is 1. The fourth-order valence-electron chi connectivity index (χ4n) is 5.62. The Morgan fingerprint density at radius 2 is 1.80 bits per heavy atom. The van der Waals surface area contributed by atoms with E-state index in [4.69, 9.17) is 10.5 Å². The molecule has 0 aromatic heterocycles. The number of benzene rings is 3. The molecule has 1 aliphatic carbocycles. The molecule has 9 heteroatoms. The second kappa shape index (κ2) is 10.8. The molecule has 0 radical (unpaired) electrons. The van der Waals surface area contributed by atoms with E-state index >= 15 is 0 Å². The minimum Gasteiger partial charge on any atom is -0.489 e. The Labute approximate surface area is 235 Å². The summed E-state index contributed by atoms with van der Waals surface area (Å²) in [6.45, 7) is 3.92. The SMILES string of the molecule is Cc1cc(COc2ccc(F)cc2)c(C)c(C2C(C#N)=C(N)N(c3cccc(C(F)(F)F)c3)C3=C2C(=O)CCC3)c1. The van der Waals surface area contributed by atoms with Crippen molar-refractivity contribution in [2.45, 2.75) is 51.8 Å². The number of hydrogen-bond acceptors (Lipinski definition) is 5. The molecule has 5 nitrogen and oxygen atoms in total. The number of anilines is 1. The van der Waals surface area contributed by atoms with E-state index in [1.807, 2.05) is 26.0 Å². The van der Waals surface area contributed by atoms with Gasteiger partial charge in [-0.2, -0.15) is 18.4 Å². The maximum Gasteiger partial charge on any atom is 0.416 e. The van der Waals surface area contributed by atoms with Gasteiger partial charge >= 0.3 is 6.18 Å². The van der Waals surface area contributed by atoms with Crippen LogP contribution < -0.4 is 15.4 Å². The van der Waals surface area contributed by atoms with Crippen LogP contribution in [0.3, 0.4) is 0 Å². The average Bonchev–Trinajstić information content (AvgIpc) is 2.93. The van der Waals surface area contributed by atoms with E-state index in [0.717, 1.165) is 28.8 Å². The highest BCUT2D eigenvalue weighted by molar-refractivity contribution is 6.01. The number of nitriles is 1. The molecule has 5 rings (SSSR count). The quantitative estimate of drug-likeness (QED) is 0.330. The van der Waals surface area contributed by atoms with E-state index in [-0.39, 0.29) is 41.7 Å². The van der Waals surface area contributed by atoms with Crippen molar-refractivity contribution < 1.29 is 27.1 Å². The lowest BCUT2D eigenvalue weighted by atomic mass is 9.73. The smallest absolute Gasteiger partial charge is 0.416 e. The highest BCUT2D eigenvalue weighted by Crippen LogP contribution is 2.48. The molecule has 1 unspecified atom stereocenters. The number of carbonyl (C=O) groups excluding carboxylic acids is 1. The summed E-state index contributed by atoms with van der Waals surface area (Å²) in [5.74, 6) is -0.849. The Morgan fingerprint density at radius 3 is 2.49 bits per heavy atom. The van der Waals surface area contributed by atoms with Gasteiger partial charge in [0.2, 0.25) is 0 Å². The number of hydrogen-bond donors (Lipinski definition) is 1. The standard InChI is InChI=1S/C32H27F4N3O2/c1-18-13-20(17-41-24-11-9-22(33)10-12-24)19(2)25(14-18)29-26(16-37)31(38)39(27-7-4-8-28(40)30(27)29)23-6-3-5-21(15-23)32(34,35)36/h3,5-6,9-15,29H,4,7-8,17,38H2,1-2H3. The molecule has 0 saturated heterocycles. The zero-order valence-electron chi connectivity index (χ0n) is 22.5. The van der Waals surface area contributed by atoms with Crippen LogP contribution in [0.25, 0.3) is 0 Å². The Balaban J connectivity index is 1.63. The maximum absolute atomic E-state index is 13.6. The summed E-state index contributed by atoms with van der Waals surface area (Å²) < 4.78 is 59.9. The van der Waals surface area contributed by atoms with Crippen molar-refractivity contribution in [3.05, 3.63) is 117 Å². The number of aryl methyl sites for hydroxylation is 1. The minimum absolute atomic E-state index is 0.00436. The molecule has 3 aromatic rings. The molecule has 0 saturated carbocycles. The summed E-state index contributed by atoms with van der Waals surface area (Å²) in [5, 5.41) is 10.3. The van der Waals surface area contributed by atoms with Crippen molar-refractivity contribution in [2.75, 3.05) is 4.90 Å². The summed E-state index contributed by atoms with van der Waals surface area (Å²) in [6.07, 6.45) is -3.39. The second-order valence-corrected chi connectivity index (χ2v) is 10.2. The maximum atomic E-state index is 13.6. The molecule has 0 fully saturated rings.